The summed E-state index contributed by atoms with van der Waals surface area (Å²) in [5, 5.41) is 25.9. The highest BCUT2D eigenvalue weighted by Crippen LogP contribution is 2.19. The second-order valence-electron chi connectivity index (χ2n) is 8.24. The Morgan fingerprint density at radius 1 is 1.06 bits per heavy atom. The molecule has 0 aromatic heterocycles. The fraction of sp³-hybridized carbons (Fsp3) is 0.259. The number of aliphatic hydroxyl groups is 1. The summed E-state index contributed by atoms with van der Waals surface area (Å²) < 4.78 is 27.5. The standard InChI is InChI=1S/C27H26ClF2N3O2/c1-2-17-4-3-5-19(8-17)15-32-16-26(34)25(12-20-9-21(29)13-22(30)10-20)33-27(35)23-7-6-18(14-31)11-24(23)28/h3-11,13,25-26,32,34H,2,12,15-16H2,1H3,(H,33,35). The number of carbonyl (C=O) groups excluding carboxylic acids is 1. The molecule has 2 unspecified atom stereocenters. The maximum atomic E-state index is 13.7. The molecular formula is C27H26ClF2N3O2. The van der Waals surface area contributed by atoms with Gasteiger partial charge in [0.05, 0.1) is 34.4 Å². The Labute approximate surface area is 208 Å². The Morgan fingerprint density at radius 2 is 1.77 bits per heavy atom. The van der Waals surface area contributed by atoms with Gasteiger partial charge < -0.3 is 15.7 Å². The Morgan fingerprint density at radius 3 is 2.43 bits per heavy atom. The number of hydrogen-bond donors (Lipinski definition) is 3. The van der Waals surface area contributed by atoms with E-state index in [-0.39, 0.29) is 29.1 Å². The molecule has 8 heteroatoms. The van der Waals surface area contributed by atoms with Gasteiger partial charge in [0.15, 0.2) is 0 Å². The van der Waals surface area contributed by atoms with Gasteiger partial charge in [-0.25, -0.2) is 8.78 Å². The molecule has 1 amide bonds. The summed E-state index contributed by atoms with van der Waals surface area (Å²) in [4.78, 5) is 12.9. The second kappa shape index (κ2) is 12.4. The van der Waals surface area contributed by atoms with Gasteiger partial charge in [-0.3, -0.25) is 4.79 Å². The molecule has 3 aromatic rings. The molecule has 182 valence electrons. The van der Waals surface area contributed by atoms with Crippen LogP contribution in [0, 0.1) is 23.0 Å². The summed E-state index contributed by atoms with van der Waals surface area (Å²) in [5.74, 6) is -2.07. The minimum absolute atomic E-state index is 0.0114. The van der Waals surface area contributed by atoms with Crippen molar-refractivity contribution in [2.24, 2.45) is 0 Å². The van der Waals surface area contributed by atoms with Crippen molar-refractivity contribution in [2.75, 3.05) is 6.54 Å². The maximum Gasteiger partial charge on any atom is 0.253 e. The third kappa shape index (κ3) is 7.59. The summed E-state index contributed by atoms with van der Waals surface area (Å²) in [6, 6.07) is 16.4. The van der Waals surface area contributed by atoms with Gasteiger partial charge in [-0.1, -0.05) is 42.8 Å². The quantitative estimate of drug-likeness (QED) is 0.384. The molecule has 0 aliphatic heterocycles. The van der Waals surface area contributed by atoms with Gasteiger partial charge in [-0.05, 0) is 59.9 Å². The monoisotopic (exact) mass is 497 g/mol. The van der Waals surface area contributed by atoms with Crippen LogP contribution in [-0.2, 0) is 19.4 Å². The van der Waals surface area contributed by atoms with Crippen LogP contribution >= 0.6 is 11.6 Å². The van der Waals surface area contributed by atoms with E-state index in [1.165, 1.54) is 23.8 Å². The molecule has 0 spiro atoms. The van der Waals surface area contributed by atoms with Crippen molar-refractivity contribution >= 4 is 17.5 Å². The van der Waals surface area contributed by atoms with Crippen LogP contribution in [0.4, 0.5) is 8.78 Å². The lowest BCUT2D eigenvalue weighted by atomic mass is 9.99. The van der Waals surface area contributed by atoms with E-state index in [9.17, 15) is 18.7 Å². The van der Waals surface area contributed by atoms with Crippen LogP contribution in [0.2, 0.25) is 5.02 Å². The average Bonchev–Trinajstić information content (AvgIpc) is 2.82. The summed E-state index contributed by atoms with van der Waals surface area (Å²) in [6.45, 7) is 2.70. The molecule has 0 bridgehead atoms. The molecule has 2 atom stereocenters. The van der Waals surface area contributed by atoms with Gasteiger partial charge in [0.1, 0.15) is 11.6 Å². The Kier molecular flexibility index (Phi) is 9.32. The Balaban J connectivity index is 1.74. The summed E-state index contributed by atoms with van der Waals surface area (Å²) in [7, 11) is 0. The molecule has 3 rings (SSSR count). The van der Waals surface area contributed by atoms with Crippen molar-refractivity contribution in [2.45, 2.75) is 38.5 Å². The van der Waals surface area contributed by atoms with Gasteiger partial charge in [0.2, 0.25) is 0 Å². The van der Waals surface area contributed by atoms with Crippen LogP contribution in [0.1, 0.15) is 39.5 Å². The van der Waals surface area contributed by atoms with Gasteiger partial charge in [-0.2, -0.15) is 5.26 Å². The zero-order valence-corrected chi connectivity index (χ0v) is 19.9. The maximum absolute atomic E-state index is 13.7. The SMILES string of the molecule is CCc1cccc(CNCC(O)C(Cc2cc(F)cc(F)c2)NC(=O)c2ccc(C#N)cc2Cl)c1. The lowest BCUT2D eigenvalue weighted by molar-refractivity contribution is 0.0830. The van der Waals surface area contributed by atoms with Gasteiger partial charge in [0.25, 0.3) is 5.91 Å². The van der Waals surface area contributed by atoms with Crippen molar-refractivity contribution in [1.82, 2.24) is 10.6 Å². The van der Waals surface area contributed by atoms with Crippen LogP contribution < -0.4 is 10.6 Å². The molecule has 0 aliphatic carbocycles. The number of benzene rings is 3. The predicted molar refractivity (Wildman–Crippen MR) is 131 cm³/mol. The number of nitriles is 1. The van der Waals surface area contributed by atoms with Crippen LogP contribution in [-0.4, -0.2) is 29.7 Å². The topological polar surface area (TPSA) is 85.2 Å². The number of rotatable bonds is 10. The molecule has 0 aliphatic rings. The summed E-state index contributed by atoms with van der Waals surface area (Å²) in [5.41, 5.74) is 2.96. The molecule has 0 saturated carbocycles. The third-order valence-electron chi connectivity index (χ3n) is 5.58. The molecule has 0 saturated heterocycles. The van der Waals surface area contributed by atoms with E-state index in [4.69, 9.17) is 16.9 Å². The third-order valence-corrected chi connectivity index (χ3v) is 5.90. The first kappa shape index (κ1) is 26.3. The van der Waals surface area contributed by atoms with Crippen LogP contribution in [0.15, 0.2) is 60.7 Å². The Bertz CT molecular complexity index is 1210. The minimum Gasteiger partial charge on any atom is -0.390 e. The van der Waals surface area contributed by atoms with Crippen molar-refractivity contribution in [1.29, 1.82) is 5.26 Å². The number of halogens is 3. The number of hydrogen-bond acceptors (Lipinski definition) is 4. The first-order valence-electron chi connectivity index (χ1n) is 11.2. The van der Waals surface area contributed by atoms with Crippen LogP contribution in [0.25, 0.3) is 0 Å². The number of aliphatic hydroxyl groups excluding tert-OH is 1. The molecular weight excluding hydrogens is 472 g/mol. The van der Waals surface area contributed by atoms with E-state index in [0.29, 0.717) is 12.1 Å². The van der Waals surface area contributed by atoms with Gasteiger partial charge in [-0.15, -0.1) is 0 Å². The first-order valence-corrected chi connectivity index (χ1v) is 11.6. The number of aryl methyl sites for hydroxylation is 1. The van der Waals surface area contributed by atoms with Crippen molar-refractivity contribution in [3.8, 4) is 6.07 Å². The minimum atomic E-state index is -1.07. The zero-order chi connectivity index (χ0) is 25.4. The van der Waals surface area contributed by atoms with E-state index < -0.39 is 29.7 Å². The lowest BCUT2D eigenvalue weighted by Crippen LogP contribution is -2.48. The van der Waals surface area contributed by atoms with Gasteiger partial charge >= 0.3 is 0 Å². The predicted octanol–water partition coefficient (Wildman–Crippen LogP) is 4.54. The fourth-order valence-corrected chi connectivity index (χ4v) is 4.01. The highest BCUT2D eigenvalue weighted by atomic mass is 35.5. The van der Waals surface area contributed by atoms with E-state index in [1.54, 1.807) is 0 Å². The summed E-state index contributed by atoms with van der Waals surface area (Å²) >= 11 is 6.16. The molecule has 5 nitrogen and oxygen atoms in total. The van der Waals surface area contributed by atoms with E-state index in [2.05, 4.69) is 23.6 Å². The smallest absolute Gasteiger partial charge is 0.253 e. The fourth-order valence-electron chi connectivity index (χ4n) is 3.75. The largest absolute Gasteiger partial charge is 0.390 e. The zero-order valence-electron chi connectivity index (χ0n) is 19.2. The van der Waals surface area contributed by atoms with Crippen molar-refractivity contribution in [3.05, 3.63) is 105 Å². The average molecular weight is 498 g/mol. The van der Waals surface area contributed by atoms with E-state index >= 15 is 0 Å². The van der Waals surface area contributed by atoms with Crippen LogP contribution in [0.5, 0.6) is 0 Å². The Hall–Kier alpha value is -3.31. The number of carbonyl (C=O) groups is 1. The first-order chi connectivity index (χ1) is 16.8. The number of nitrogens with one attached hydrogen (secondary N) is 2. The molecule has 0 radical (unpaired) electrons. The van der Waals surface area contributed by atoms with Crippen molar-refractivity contribution < 1.29 is 18.7 Å². The molecule has 3 N–H and O–H groups in total. The normalized spacial score (nSPS) is 12.6. The number of amides is 1. The van der Waals surface area contributed by atoms with E-state index in [0.717, 1.165) is 30.2 Å². The molecule has 0 fully saturated rings. The number of nitrogens with zero attached hydrogens (tertiary/aromatic N) is 1. The molecule has 35 heavy (non-hydrogen) atoms. The molecule has 3 aromatic carbocycles. The lowest BCUT2D eigenvalue weighted by Gasteiger charge is -2.25. The highest BCUT2D eigenvalue weighted by molar-refractivity contribution is 6.34. The molecule has 0 heterocycles. The van der Waals surface area contributed by atoms with E-state index in [1.807, 2.05) is 24.3 Å². The van der Waals surface area contributed by atoms with Crippen LogP contribution in [0.3, 0.4) is 0 Å². The summed E-state index contributed by atoms with van der Waals surface area (Å²) in [6.07, 6.45) is -0.174. The second-order valence-corrected chi connectivity index (χ2v) is 8.65. The van der Waals surface area contributed by atoms with Gasteiger partial charge in [0, 0.05) is 19.2 Å². The van der Waals surface area contributed by atoms with Crippen molar-refractivity contribution in [3.63, 3.8) is 0 Å². The highest BCUT2D eigenvalue weighted by Gasteiger charge is 2.24.